The predicted octanol–water partition coefficient (Wildman–Crippen LogP) is 1.01. The van der Waals surface area contributed by atoms with E-state index < -0.39 is 47.0 Å². The van der Waals surface area contributed by atoms with Gasteiger partial charge in [0.15, 0.2) is 23.6 Å². The lowest BCUT2D eigenvalue weighted by molar-refractivity contribution is -0.663. The lowest BCUT2D eigenvalue weighted by Crippen LogP contribution is -2.71. The number of thiazole rings is 1. The van der Waals surface area contributed by atoms with Crippen LogP contribution < -0.4 is 20.9 Å². The minimum absolute atomic E-state index is 0.00499. The molecule has 242 valence electrons. The number of fused-ring (bicyclic) bond motifs is 2. The number of hydrogen-bond donors (Lipinski definition) is 5. The molecule has 0 aliphatic carbocycles. The topological polar surface area (TPSA) is 205 Å². The highest BCUT2D eigenvalue weighted by molar-refractivity contribution is 8.00. The van der Waals surface area contributed by atoms with Gasteiger partial charge in [-0.1, -0.05) is 28.1 Å². The number of nitrogens with one attached hydrogen (secondary N) is 2. The van der Waals surface area contributed by atoms with E-state index in [0.717, 1.165) is 48.3 Å². The molecule has 6 rings (SSSR count). The van der Waals surface area contributed by atoms with Crippen molar-refractivity contribution >= 4 is 80.3 Å². The fourth-order valence-corrected chi connectivity index (χ4v) is 7.98. The summed E-state index contributed by atoms with van der Waals surface area (Å²) in [5, 5.41) is 28.4. The van der Waals surface area contributed by atoms with Crippen LogP contribution in [0.4, 0.5) is 5.13 Å². The van der Waals surface area contributed by atoms with Gasteiger partial charge >= 0.3 is 11.9 Å². The van der Waals surface area contributed by atoms with Crippen molar-refractivity contribution in [1.82, 2.24) is 25.1 Å². The lowest BCUT2D eigenvalue weighted by Gasteiger charge is -2.49. The third-order valence-electron chi connectivity index (χ3n) is 7.98. The second-order valence-corrected chi connectivity index (χ2v) is 13.7. The highest BCUT2D eigenvalue weighted by Gasteiger charge is 2.55. The average molecular weight is 690 g/mol. The fraction of sp³-hybridized carbons (Fsp3) is 0.393. The van der Waals surface area contributed by atoms with Crippen LogP contribution in [0.15, 0.2) is 47.0 Å². The minimum atomic E-state index is -1.40. The Morgan fingerprint density at radius 1 is 1.35 bits per heavy atom. The van der Waals surface area contributed by atoms with Crippen LogP contribution in [0.25, 0.3) is 11.0 Å². The molecule has 0 spiro atoms. The summed E-state index contributed by atoms with van der Waals surface area (Å²) in [7, 11) is 0. The molecule has 0 radical (unpaired) electrons. The molecule has 6 heterocycles. The van der Waals surface area contributed by atoms with Gasteiger partial charge in [-0.25, -0.2) is 14.6 Å². The molecule has 6 N–H and O–H groups in total. The fourth-order valence-electron chi connectivity index (χ4n) is 5.72. The van der Waals surface area contributed by atoms with Crippen molar-refractivity contribution in [2.45, 2.75) is 56.4 Å². The van der Waals surface area contributed by atoms with Crippen molar-refractivity contribution in [3.63, 3.8) is 0 Å². The van der Waals surface area contributed by atoms with E-state index in [2.05, 4.69) is 25.3 Å². The smallest absolute Gasteiger partial charge is 0.352 e. The van der Waals surface area contributed by atoms with Crippen molar-refractivity contribution < 1.29 is 38.8 Å². The van der Waals surface area contributed by atoms with Crippen LogP contribution in [0, 0.1) is 0 Å². The number of aromatic nitrogens is 3. The lowest BCUT2D eigenvalue weighted by atomic mass is 10.0. The number of nitrogens with zero attached hydrogens (tertiary/aromatic N) is 5. The van der Waals surface area contributed by atoms with Gasteiger partial charge in [0.2, 0.25) is 11.6 Å². The molecule has 3 aliphatic rings. The van der Waals surface area contributed by atoms with Crippen LogP contribution in [-0.2, 0) is 37.1 Å². The summed E-state index contributed by atoms with van der Waals surface area (Å²) in [5.41, 5.74) is 7.49. The summed E-state index contributed by atoms with van der Waals surface area (Å²) in [6, 6.07) is 5.27. The largest absolute Gasteiger partial charge is 0.478 e. The van der Waals surface area contributed by atoms with Crippen molar-refractivity contribution in [2.75, 3.05) is 18.0 Å². The number of aliphatic carboxylic acids is 2. The molecule has 0 aromatic carbocycles. The maximum atomic E-state index is 13.4. The second-order valence-electron chi connectivity index (χ2n) is 11.0. The summed E-state index contributed by atoms with van der Waals surface area (Å²) >= 11 is 8.37. The number of oxime groups is 1. The standard InChI is InChI=1S/C28H29ClN8O7S2/c1-13(26(40)41)44-34-19(18-22(29)46-28(30)33-18)23(38)32-20-24(39)37-21(27(42)43)14(12-45-25(20)37)10-35-8-3-5-16-17(35)6-9-36(16)11-15-4-2-7-31-15/h3,5-6,8-9,13,15,20,25,31H,2,4,7,10-12H2,1H3,(H4-,30,32,33,38,40,41,42,43)/p+1/b34-19-/t13-,15-,20+,25+/m0/s1. The number of carbonyl (C=O) groups excluding carboxylic acids is 2. The van der Waals surface area contributed by atoms with Gasteiger partial charge in [-0.15, -0.1) is 11.8 Å². The number of nitrogens with two attached hydrogens (primary N) is 1. The van der Waals surface area contributed by atoms with E-state index in [1.165, 1.54) is 23.6 Å². The van der Waals surface area contributed by atoms with E-state index in [1.807, 2.05) is 35.2 Å². The maximum absolute atomic E-state index is 13.4. The number of halogens is 1. The van der Waals surface area contributed by atoms with Crippen LogP contribution in [-0.4, -0.2) is 90.0 Å². The number of carbonyl (C=O) groups is 4. The highest BCUT2D eigenvalue weighted by Crippen LogP contribution is 2.40. The Bertz CT molecular complexity index is 1800. The third kappa shape index (κ3) is 6.02. The van der Waals surface area contributed by atoms with Gasteiger partial charge in [-0.3, -0.25) is 14.5 Å². The zero-order valence-corrected chi connectivity index (χ0v) is 26.8. The number of thioether (sulfide) groups is 1. The van der Waals surface area contributed by atoms with Gasteiger partial charge in [0.05, 0.1) is 0 Å². The maximum Gasteiger partial charge on any atom is 0.352 e. The van der Waals surface area contributed by atoms with Crippen LogP contribution in [0.1, 0.15) is 25.5 Å². The molecular formula is C28H30ClN8O7S2+. The SMILES string of the molecule is C[C@H](O/N=C(\C(=O)N[C@@H]1C(=O)N2C(C(=O)O)=C(C[n+]3cccc4c3ccn4C[C@@H]3CCCN3)CS[C@H]12)c1nc(N)sc1Cl)C(=O)O. The molecule has 3 aromatic rings. The molecule has 2 saturated heterocycles. The Kier molecular flexibility index (Phi) is 8.91. The number of carboxylic acids is 2. The van der Waals surface area contributed by atoms with Crippen LogP contribution in [0.2, 0.25) is 4.34 Å². The van der Waals surface area contributed by atoms with Crippen LogP contribution >= 0.6 is 34.7 Å². The number of rotatable bonds is 11. The zero-order chi connectivity index (χ0) is 32.7. The number of nitrogen functional groups attached to an aromatic ring is 1. The Labute approximate surface area is 275 Å². The number of carboxylic acid groups (broad SMARTS) is 2. The molecule has 0 saturated carbocycles. The van der Waals surface area contributed by atoms with Gasteiger partial charge in [-0.05, 0) is 32.4 Å². The molecule has 15 nitrogen and oxygen atoms in total. The van der Waals surface area contributed by atoms with E-state index in [9.17, 15) is 24.3 Å². The number of anilines is 1. The van der Waals surface area contributed by atoms with Gasteiger partial charge in [0.1, 0.15) is 32.7 Å². The third-order valence-corrected chi connectivity index (χ3v) is 10.4. The number of hydrogen-bond acceptors (Lipinski definition) is 11. The average Bonchev–Trinajstić information content (AvgIpc) is 3.77. The second kappa shape index (κ2) is 12.9. The molecule has 3 aliphatic heterocycles. The molecule has 2 amide bonds. The Hall–Kier alpha value is -4.19. The summed E-state index contributed by atoms with van der Waals surface area (Å²) < 4.78 is 4.17. The van der Waals surface area contributed by atoms with E-state index in [1.54, 1.807) is 0 Å². The normalized spacial score (nSPS) is 22.0. The van der Waals surface area contributed by atoms with Crippen molar-refractivity contribution in [2.24, 2.45) is 5.16 Å². The van der Waals surface area contributed by atoms with Crippen molar-refractivity contribution in [3.05, 3.63) is 51.9 Å². The summed E-state index contributed by atoms with van der Waals surface area (Å²) in [6.45, 7) is 3.32. The monoisotopic (exact) mass is 689 g/mol. The zero-order valence-electron chi connectivity index (χ0n) is 24.4. The molecule has 0 unspecified atom stereocenters. The highest BCUT2D eigenvalue weighted by atomic mass is 35.5. The van der Waals surface area contributed by atoms with E-state index >= 15 is 0 Å². The van der Waals surface area contributed by atoms with Gasteiger partial charge < -0.3 is 36.0 Å². The summed E-state index contributed by atoms with van der Waals surface area (Å²) in [6.07, 6.45) is 4.78. The Balaban J connectivity index is 1.22. The van der Waals surface area contributed by atoms with Crippen molar-refractivity contribution in [3.8, 4) is 0 Å². The van der Waals surface area contributed by atoms with Gasteiger partial charge in [-0.2, -0.15) is 4.57 Å². The van der Waals surface area contributed by atoms with Gasteiger partial charge in [0, 0.05) is 42.2 Å². The van der Waals surface area contributed by atoms with Crippen molar-refractivity contribution in [1.29, 1.82) is 0 Å². The molecule has 2 fully saturated rings. The Morgan fingerprint density at radius 3 is 2.83 bits per heavy atom. The first-order chi connectivity index (χ1) is 22.0. The molecule has 3 aromatic heterocycles. The van der Waals surface area contributed by atoms with Crippen LogP contribution in [0.5, 0.6) is 0 Å². The molecule has 0 bridgehead atoms. The number of pyridine rings is 1. The molecule has 18 heteroatoms. The molecule has 4 atom stereocenters. The Morgan fingerprint density at radius 2 is 2.15 bits per heavy atom. The van der Waals surface area contributed by atoms with Crippen LogP contribution in [0.3, 0.4) is 0 Å². The first-order valence-electron chi connectivity index (χ1n) is 14.3. The first-order valence-corrected chi connectivity index (χ1v) is 16.6. The minimum Gasteiger partial charge on any atom is -0.478 e. The predicted molar refractivity (Wildman–Crippen MR) is 169 cm³/mol. The number of β-lactam (4-membered cyclic amide) rings is 1. The first kappa shape index (κ1) is 31.8. The molecule has 46 heavy (non-hydrogen) atoms. The summed E-state index contributed by atoms with van der Waals surface area (Å²) in [4.78, 5) is 60.6. The summed E-state index contributed by atoms with van der Waals surface area (Å²) in [5.74, 6) is -3.82. The quantitative estimate of drug-likeness (QED) is 0.0831. The van der Waals surface area contributed by atoms with Gasteiger partial charge in [0.25, 0.3) is 11.8 Å². The van der Waals surface area contributed by atoms with E-state index in [0.29, 0.717) is 17.4 Å². The van der Waals surface area contributed by atoms with E-state index in [4.69, 9.17) is 27.3 Å². The molecular weight excluding hydrogens is 660 g/mol. The number of amides is 2. The van der Waals surface area contributed by atoms with E-state index in [-0.39, 0.29) is 27.4 Å².